The van der Waals surface area contributed by atoms with Gasteiger partial charge < -0.3 is 14.9 Å². The molecule has 0 unspecified atom stereocenters. The van der Waals surface area contributed by atoms with Gasteiger partial charge in [-0.05, 0) is 18.4 Å². The number of ether oxygens (including phenoxy) is 1. The summed E-state index contributed by atoms with van der Waals surface area (Å²) in [4.78, 5) is 11.2. The van der Waals surface area contributed by atoms with E-state index in [9.17, 15) is 9.90 Å². The van der Waals surface area contributed by atoms with Gasteiger partial charge in [-0.15, -0.1) is 0 Å². The second-order valence-electron chi connectivity index (χ2n) is 3.56. The van der Waals surface area contributed by atoms with Crippen molar-refractivity contribution in [1.82, 2.24) is 0 Å². The van der Waals surface area contributed by atoms with Crippen molar-refractivity contribution in [3.05, 3.63) is 35.9 Å². The molecular weight excluding hydrogens is 220 g/mol. The predicted octanol–water partition coefficient (Wildman–Crippen LogP) is 2.64. The zero-order chi connectivity index (χ0) is 12.4. The average Bonchev–Trinajstić information content (AvgIpc) is 2.30. The number of aromatic carboxylic acids is 1. The van der Waals surface area contributed by atoms with Gasteiger partial charge in [0.1, 0.15) is 5.56 Å². The highest BCUT2D eigenvalue weighted by Gasteiger charge is 2.18. The molecule has 2 rings (SSSR count). The summed E-state index contributed by atoms with van der Waals surface area (Å²) in [5.41, 5.74) is -0.119. The molecule has 0 atom stereocenters. The Hall–Kier alpha value is -2.23. The molecule has 0 amide bonds. The molecule has 2 aromatic rings. The lowest BCUT2D eigenvalue weighted by molar-refractivity contribution is 0.0695. The van der Waals surface area contributed by atoms with Crippen molar-refractivity contribution in [2.45, 2.75) is 6.92 Å². The molecule has 0 heterocycles. The fourth-order valence-electron chi connectivity index (χ4n) is 1.79. The first-order valence-corrected chi connectivity index (χ1v) is 5.26. The van der Waals surface area contributed by atoms with Crippen LogP contribution in [0.4, 0.5) is 0 Å². The third-order valence-corrected chi connectivity index (χ3v) is 2.50. The Labute approximate surface area is 98.1 Å². The second kappa shape index (κ2) is 4.33. The van der Waals surface area contributed by atoms with E-state index in [1.807, 2.05) is 0 Å². The Bertz CT molecular complexity index is 575. The Balaban J connectivity index is 2.80. The van der Waals surface area contributed by atoms with Gasteiger partial charge >= 0.3 is 5.97 Å². The van der Waals surface area contributed by atoms with E-state index in [2.05, 4.69) is 0 Å². The molecule has 0 aromatic heterocycles. The summed E-state index contributed by atoms with van der Waals surface area (Å²) in [6, 6.07) is 8.62. The van der Waals surface area contributed by atoms with Gasteiger partial charge in [0.05, 0.1) is 6.61 Å². The highest BCUT2D eigenvalue weighted by Crippen LogP contribution is 2.36. The standard InChI is InChI=1S/C13H12O4/c1-2-17-10-7-8-5-3-4-6-9(8)11(12(10)14)13(15)16/h3-7,14H,2H2,1H3,(H,15,16). The number of carbonyl (C=O) groups is 1. The summed E-state index contributed by atoms with van der Waals surface area (Å²) < 4.78 is 5.22. The van der Waals surface area contributed by atoms with Crippen molar-refractivity contribution < 1.29 is 19.7 Å². The van der Waals surface area contributed by atoms with Crippen molar-refractivity contribution in [2.75, 3.05) is 6.61 Å². The number of benzene rings is 2. The van der Waals surface area contributed by atoms with Gasteiger partial charge in [-0.1, -0.05) is 24.3 Å². The van der Waals surface area contributed by atoms with Crippen LogP contribution in [0.2, 0.25) is 0 Å². The molecule has 0 aliphatic carbocycles. The minimum atomic E-state index is -1.17. The number of fused-ring (bicyclic) bond motifs is 1. The topological polar surface area (TPSA) is 66.8 Å². The van der Waals surface area contributed by atoms with E-state index in [0.717, 1.165) is 5.39 Å². The van der Waals surface area contributed by atoms with Gasteiger partial charge in [0.15, 0.2) is 11.5 Å². The van der Waals surface area contributed by atoms with Crippen LogP contribution in [-0.4, -0.2) is 22.8 Å². The molecule has 0 fully saturated rings. The van der Waals surface area contributed by atoms with Crippen LogP contribution in [0.3, 0.4) is 0 Å². The van der Waals surface area contributed by atoms with Crippen LogP contribution in [0.15, 0.2) is 30.3 Å². The summed E-state index contributed by atoms with van der Waals surface area (Å²) in [5.74, 6) is -1.29. The minimum Gasteiger partial charge on any atom is -0.504 e. The molecular formula is C13H12O4. The van der Waals surface area contributed by atoms with E-state index >= 15 is 0 Å². The van der Waals surface area contributed by atoms with E-state index in [1.165, 1.54) is 0 Å². The summed E-state index contributed by atoms with van der Waals surface area (Å²) in [7, 11) is 0. The molecule has 0 aliphatic rings. The smallest absolute Gasteiger partial charge is 0.340 e. The number of aromatic hydroxyl groups is 1. The number of rotatable bonds is 3. The molecule has 88 valence electrons. The zero-order valence-corrected chi connectivity index (χ0v) is 9.30. The van der Waals surface area contributed by atoms with Crippen molar-refractivity contribution in [3.8, 4) is 11.5 Å². The van der Waals surface area contributed by atoms with E-state index < -0.39 is 5.97 Å². The number of carboxylic acid groups (broad SMARTS) is 1. The lowest BCUT2D eigenvalue weighted by Gasteiger charge is -2.11. The predicted molar refractivity (Wildman–Crippen MR) is 63.7 cm³/mol. The average molecular weight is 232 g/mol. The summed E-state index contributed by atoms with van der Waals surface area (Å²) in [6.07, 6.45) is 0. The van der Waals surface area contributed by atoms with Gasteiger partial charge in [-0.2, -0.15) is 0 Å². The molecule has 0 spiro atoms. The second-order valence-corrected chi connectivity index (χ2v) is 3.56. The first-order chi connectivity index (χ1) is 8.15. The maximum atomic E-state index is 11.2. The van der Waals surface area contributed by atoms with Crippen LogP contribution >= 0.6 is 0 Å². The van der Waals surface area contributed by atoms with Crippen LogP contribution in [0.5, 0.6) is 11.5 Å². The van der Waals surface area contributed by atoms with Crippen LogP contribution < -0.4 is 4.74 Å². The molecule has 2 N–H and O–H groups in total. The first kappa shape index (κ1) is 11.3. The van der Waals surface area contributed by atoms with Crippen LogP contribution in [0, 0.1) is 0 Å². The summed E-state index contributed by atoms with van der Waals surface area (Å²) >= 11 is 0. The normalized spacial score (nSPS) is 10.4. The minimum absolute atomic E-state index is 0.119. The van der Waals surface area contributed by atoms with Crippen LogP contribution in [-0.2, 0) is 0 Å². The van der Waals surface area contributed by atoms with E-state index in [-0.39, 0.29) is 17.1 Å². The van der Waals surface area contributed by atoms with E-state index in [4.69, 9.17) is 9.84 Å². The highest BCUT2D eigenvalue weighted by molar-refractivity contribution is 6.07. The van der Waals surface area contributed by atoms with E-state index in [1.54, 1.807) is 37.3 Å². The van der Waals surface area contributed by atoms with E-state index in [0.29, 0.717) is 12.0 Å². The largest absolute Gasteiger partial charge is 0.504 e. The molecule has 0 saturated heterocycles. The maximum absolute atomic E-state index is 11.2. The van der Waals surface area contributed by atoms with Gasteiger partial charge in [0, 0.05) is 5.39 Å². The monoisotopic (exact) mass is 232 g/mol. The van der Waals surface area contributed by atoms with Crippen LogP contribution in [0.1, 0.15) is 17.3 Å². The third kappa shape index (κ3) is 1.89. The molecule has 0 saturated carbocycles. The quantitative estimate of drug-likeness (QED) is 0.853. The molecule has 0 radical (unpaired) electrons. The fourth-order valence-corrected chi connectivity index (χ4v) is 1.79. The Morgan fingerprint density at radius 1 is 1.35 bits per heavy atom. The molecule has 17 heavy (non-hydrogen) atoms. The molecule has 4 nitrogen and oxygen atoms in total. The van der Waals surface area contributed by atoms with Crippen molar-refractivity contribution >= 4 is 16.7 Å². The fraction of sp³-hybridized carbons (Fsp3) is 0.154. The Kier molecular flexibility index (Phi) is 2.87. The van der Waals surface area contributed by atoms with Gasteiger partial charge in [-0.25, -0.2) is 4.79 Å². The van der Waals surface area contributed by atoms with Gasteiger partial charge in [-0.3, -0.25) is 0 Å². The highest BCUT2D eigenvalue weighted by atomic mass is 16.5. The third-order valence-electron chi connectivity index (χ3n) is 2.50. The van der Waals surface area contributed by atoms with Gasteiger partial charge in [0.2, 0.25) is 0 Å². The summed E-state index contributed by atoms with van der Waals surface area (Å²) in [6.45, 7) is 2.14. The molecule has 0 bridgehead atoms. The molecule has 2 aromatic carbocycles. The molecule has 4 heteroatoms. The van der Waals surface area contributed by atoms with Gasteiger partial charge in [0.25, 0.3) is 0 Å². The maximum Gasteiger partial charge on any atom is 0.340 e. The van der Waals surface area contributed by atoms with Crippen molar-refractivity contribution in [1.29, 1.82) is 0 Å². The lowest BCUT2D eigenvalue weighted by atomic mass is 10.0. The number of hydrogen-bond donors (Lipinski definition) is 2. The van der Waals surface area contributed by atoms with Crippen molar-refractivity contribution in [3.63, 3.8) is 0 Å². The molecule has 0 aliphatic heterocycles. The summed E-state index contributed by atoms with van der Waals surface area (Å²) in [5, 5.41) is 20.3. The Morgan fingerprint density at radius 3 is 2.71 bits per heavy atom. The first-order valence-electron chi connectivity index (χ1n) is 5.26. The number of phenols is 1. The van der Waals surface area contributed by atoms with Crippen LogP contribution in [0.25, 0.3) is 10.8 Å². The zero-order valence-electron chi connectivity index (χ0n) is 9.30. The lowest BCUT2D eigenvalue weighted by Crippen LogP contribution is -2.01. The van der Waals surface area contributed by atoms with Crippen molar-refractivity contribution in [2.24, 2.45) is 0 Å². The number of carboxylic acids is 1. The number of hydrogen-bond acceptors (Lipinski definition) is 3. The Morgan fingerprint density at radius 2 is 2.06 bits per heavy atom. The SMILES string of the molecule is CCOc1cc2ccccc2c(C(=O)O)c1O.